The number of rotatable bonds is 7. The van der Waals surface area contributed by atoms with Gasteiger partial charge in [0.25, 0.3) is 16.0 Å². The second-order valence-electron chi connectivity index (χ2n) is 6.39. The summed E-state index contributed by atoms with van der Waals surface area (Å²) in [5.41, 5.74) is 0.454. The molecular weight excluding hydrogens is 414 g/mol. The van der Waals surface area contributed by atoms with E-state index in [0.717, 1.165) is 17.2 Å². The lowest BCUT2D eigenvalue weighted by molar-refractivity contribution is 0.102. The average molecular weight is 436 g/mol. The normalized spacial score (nSPS) is 11.6. The average Bonchev–Trinajstić information content (AvgIpc) is 3.05. The molecule has 0 aliphatic rings. The van der Waals surface area contributed by atoms with E-state index < -0.39 is 10.1 Å². The summed E-state index contributed by atoms with van der Waals surface area (Å²) in [5, 5.41) is 3.58. The number of thiophene rings is 1. The Balaban J connectivity index is 1.94. The van der Waals surface area contributed by atoms with Crippen molar-refractivity contribution >= 4 is 43.1 Å². The van der Waals surface area contributed by atoms with Gasteiger partial charge in [-0.1, -0.05) is 0 Å². The molecular formula is C20H21NO6S2. The summed E-state index contributed by atoms with van der Waals surface area (Å²) in [6.07, 6.45) is -0.121. The maximum atomic E-state index is 12.9. The fraction of sp³-hybridized carbons (Fsp3) is 0.250. The fourth-order valence-electron chi connectivity index (χ4n) is 2.67. The van der Waals surface area contributed by atoms with E-state index in [0.29, 0.717) is 22.1 Å². The van der Waals surface area contributed by atoms with Gasteiger partial charge in [0.2, 0.25) is 0 Å². The van der Waals surface area contributed by atoms with E-state index in [2.05, 4.69) is 9.50 Å². The van der Waals surface area contributed by atoms with Gasteiger partial charge >= 0.3 is 0 Å². The summed E-state index contributed by atoms with van der Waals surface area (Å²) < 4.78 is 40.0. The van der Waals surface area contributed by atoms with E-state index in [9.17, 15) is 13.2 Å². The summed E-state index contributed by atoms with van der Waals surface area (Å²) in [7, 11) is -1.11. The van der Waals surface area contributed by atoms with Crippen LogP contribution in [0, 0.1) is 0 Å². The van der Waals surface area contributed by atoms with Gasteiger partial charge < -0.3 is 14.8 Å². The lowest BCUT2D eigenvalue weighted by Crippen LogP contribution is -2.14. The Labute approximate surface area is 173 Å². The van der Waals surface area contributed by atoms with Gasteiger partial charge in [-0.15, -0.1) is 11.3 Å². The molecule has 1 aromatic heterocycles. The Morgan fingerprint density at radius 1 is 1.07 bits per heavy atom. The van der Waals surface area contributed by atoms with Crippen LogP contribution in [0.25, 0.3) is 10.1 Å². The predicted octanol–water partition coefficient (Wildman–Crippen LogP) is 4.28. The molecule has 0 unspecified atom stereocenters. The van der Waals surface area contributed by atoms with Gasteiger partial charge in [-0.25, -0.2) is 0 Å². The third-order valence-corrected chi connectivity index (χ3v) is 6.47. The quantitative estimate of drug-likeness (QED) is 0.557. The first-order valence-electron chi connectivity index (χ1n) is 8.74. The topological polar surface area (TPSA) is 90.9 Å². The van der Waals surface area contributed by atoms with Crippen LogP contribution in [-0.2, 0) is 14.3 Å². The molecule has 154 valence electrons. The van der Waals surface area contributed by atoms with E-state index in [-0.39, 0.29) is 16.9 Å². The zero-order chi connectivity index (χ0) is 21.2. The molecule has 1 N–H and O–H groups in total. The van der Waals surface area contributed by atoms with E-state index in [1.165, 1.54) is 35.6 Å². The first-order chi connectivity index (χ1) is 13.7. The first-order valence-corrected chi connectivity index (χ1v) is 11.0. The Morgan fingerprint density at radius 3 is 2.34 bits per heavy atom. The highest BCUT2D eigenvalue weighted by atomic mass is 32.2. The molecule has 9 heteroatoms. The molecule has 0 aliphatic carbocycles. The molecule has 0 atom stereocenters. The van der Waals surface area contributed by atoms with Crippen molar-refractivity contribution in [3.05, 3.63) is 47.3 Å². The van der Waals surface area contributed by atoms with Crippen LogP contribution in [0.5, 0.6) is 11.5 Å². The summed E-state index contributed by atoms with van der Waals surface area (Å²) in [6, 6.07) is 11.3. The SMILES string of the molecule is COc1ccc2sc(C(=O)Nc3ccc(S(=O)(=O)OC)cc3)c(OC(C)C)c2c1. The molecule has 3 rings (SSSR count). The molecule has 0 fully saturated rings. The van der Waals surface area contributed by atoms with Crippen LogP contribution in [0.15, 0.2) is 47.4 Å². The van der Waals surface area contributed by atoms with E-state index in [4.69, 9.17) is 9.47 Å². The molecule has 1 amide bonds. The van der Waals surface area contributed by atoms with E-state index in [1.807, 2.05) is 32.0 Å². The first kappa shape index (κ1) is 21.1. The maximum Gasteiger partial charge on any atom is 0.296 e. The van der Waals surface area contributed by atoms with Crippen LogP contribution < -0.4 is 14.8 Å². The fourth-order valence-corrected chi connectivity index (χ4v) is 4.35. The lowest BCUT2D eigenvalue weighted by Gasteiger charge is -2.12. The maximum absolute atomic E-state index is 12.9. The van der Waals surface area contributed by atoms with Crippen LogP contribution in [0.4, 0.5) is 5.69 Å². The Hall–Kier alpha value is -2.62. The van der Waals surface area contributed by atoms with Crippen molar-refractivity contribution in [2.45, 2.75) is 24.8 Å². The number of hydrogen-bond donors (Lipinski definition) is 1. The van der Waals surface area contributed by atoms with Gasteiger partial charge in [0, 0.05) is 15.8 Å². The van der Waals surface area contributed by atoms with Gasteiger partial charge in [0.1, 0.15) is 10.6 Å². The zero-order valence-corrected chi connectivity index (χ0v) is 18.0. The highest BCUT2D eigenvalue weighted by Crippen LogP contribution is 2.40. The van der Waals surface area contributed by atoms with Crippen molar-refractivity contribution in [1.82, 2.24) is 0 Å². The molecule has 29 heavy (non-hydrogen) atoms. The van der Waals surface area contributed by atoms with E-state index >= 15 is 0 Å². The second kappa shape index (κ2) is 8.40. The molecule has 0 bridgehead atoms. The number of carbonyl (C=O) groups is 1. The van der Waals surface area contributed by atoms with Gasteiger partial charge in [-0.05, 0) is 56.3 Å². The number of benzene rings is 2. The third-order valence-electron chi connectivity index (χ3n) is 4.03. The Kier molecular flexibility index (Phi) is 6.11. The zero-order valence-electron chi connectivity index (χ0n) is 16.4. The van der Waals surface area contributed by atoms with Crippen molar-refractivity contribution in [1.29, 1.82) is 0 Å². The van der Waals surface area contributed by atoms with Gasteiger partial charge in [0.05, 0.1) is 25.2 Å². The lowest BCUT2D eigenvalue weighted by atomic mass is 10.2. The summed E-state index contributed by atoms with van der Waals surface area (Å²) in [5.74, 6) is 0.823. The minimum absolute atomic E-state index is 0.00999. The molecule has 3 aromatic rings. The number of methoxy groups -OCH3 is 1. The number of anilines is 1. The number of nitrogens with one attached hydrogen (secondary N) is 1. The number of fused-ring (bicyclic) bond motifs is 1. The summed E-state index contributed by atoms with van der Waals surface area (Å²) >= 11 is 1.31. The Bertz CT molecular complexity index is 1130. The minimum atomic E-state index is -3.78. The smallest absolute Gasteiger partial charge is 0.296 e. The van der Waals surface area contributed by atoms with Crippen LogP contribution in [0.1, 0.15) is 23.5 Å². The molecule has 0 aliphatic heterocycles. The van der Waals surface area contributed by atoms with Crippen molar-refractivity contribution < 1.29 is 26.9 Å². The molecule has 2 aromatic carbocycles. The molecule has 1 heterocycles. The van der Waals surface area contributed by atoms with Crippen molar-refractivity contribution in [3.63, 3.8) is 0 Å². The molecule has 7 nitrogen and oxygen atoms in total. The minimum Gasteiger partial charge on any atom is -0.497 e. The molecule has 0 radical (unpaired) electrons. The van der Waals surface area contributed by atoms with Gasteiger partial charge in [-0.3, -0.25) is 8.98 Å². The van der Waals surface area contributed by atoms with Crippen molar-refractivity contribution in [2.75, 3.05) is 19.5 Å². The predicted molar refractivity (Wildman–Crippen MR) is 113 cm³/mol. The van der Waals surface area contributed by atoms with Crippen LogP contribution in [-0.4, -0.2) is 34.6 Å². The van der Waals surface area contributed by atoms with E-state index in [1.54, 1.807) is 7.11 Å². The van der Waals surface area contributed by atoms with Gasteiger partial charge in [-0.2, -0.15) is 8.42 Å². The highest BCUT2D eigenvalue weighted by molar-refractivity contribution is 7.86. The van der Waals surface area contributed by atoms with Crippen LogP contribution in [0.2, 0.25) is 0 Å². The Morgan fingerprint density at radius 2 is 1.76 bits per heavy atom. The van der Waals surface area contributed by atoms with Crippen molar-refractivity contribution in [3.8, 4) is 11.5 Å². The third kappa shape index (κ3) is 4.52. The second-order valence-corrected chi connectivity index (χ2v) is 9.15. The van der Waals surface area contributed by atoms with Gasteiger partial charge in [0.15, 0.2) is 5.75 Å². The molecule has 0 saturated carbocycles. The molecule has 0 saturated heterocycles. The number of carbonyl (C=O) groups excluding carboxylic acids is 1. The highest BCUT2D eigenvalue weighted by Gasteiger charge is 2.22. The largest absolute Gasteiger partial charge is 0.497 e. The van der Waals surface area contributed by atoms with Crippen LogP contribution >= 0.6 is 11.3 Å². The summed E-state index contributed by atoms with van der Waals surface area (Å²) in [6.45, 7) is 3.78. The summed E-state index contributed by atoms with van der Waals surface area (Å²) in [4.78, 5) is 13.4. The van der Waals surface area contributed by atoms with Crippen LogP contribution in [0.3, 0.4) is 0 Å². The monoisotopic (exact) mass is 435 g/mol. The number of ether oxygens (including phenoxy) is 2. The number of hydrogen-bond acceptors (Lipinski definition) is 7. The van der Waals surface area contributed by atoms with Crippen molar-refractivity contribution in [2.24, 2.45) is 0 Å². The molecule has 0 spiro atoms. The number of amides is 1. The standard InChI is InChI=1S/C20H21NO6S2/c1-12(2)27-18-16-11-14(25-3)7-10-17(16)28-19(18)20(22)21-13-5-8-15(9-6-13)29(23,24)26-4/h5-12H,1-4H3,(H,21,22).